The molecule has 1 N–H and O–H groups in total. The maximum atomic E-state index is 11.2. The Morgan fingerprint density at radius 1 is 1.42 bits per heavy atom. The van der Waals surface area contributed by atoms with Gasteiger partial charge in [0.25, 0.3) is 0 Å². The molecule has 0 radical (unpaired) electrons. The van der Waals surface area contributed by atoms with Gasteiger partial charge in [0.1, 0.15) is 5.82 Å². The van der Waals surface area contributed by atoms with Gasteiger partial charge in [0.15, 0.2) is 0 Å². The van der Waals surface area contributed by atoms with Crippen LogP contribution in [0.3, 0.4) is 0 Å². The first-order valence-corrected chi connectivity index (χ1v) is 6.62. The lowest BCUT2D eigenvalue weighted by Gasteiger charge is -2.37. The van der Waals surface area contributed by atoms with Crippen LogP contribution in [-0.4, -0.2) is 29.5 Å². The molecule has 1 aromatic heterocycles. The van der Waals surface area contributed by atoms with E-state index in [1.807, 2.05) is 0 Å². The van der Waals surface area contributed by atoms with E-state index in [1.165, 1.54) is 6.07 Å². The van der Waals surface area contributed by atoms with Gasteiger partial charge in [-0.25, -0.2) is 4.98 Å². The lowest BCUT2D eigenvalue weighted by molar-refractivity contribution is -0.384. The fourth-order valence-corrected chi connectivity index (χ4v) is 2.52. The second-order valence-corrected chi connectivity index (χ2v) is 5.23. The van der Waals surface area contributed by atoms with Crippen LogP contribution >= 0.6 is 0 Å². The average Bonchev–Trinajstić information content (AvgIpc) is 2.40. The van der Waals surface area contributed by atoms with Crippen LogP contribution in [-0.2, 0) is 0 Å². The van der Waals surface area contributed by atoms with Crippen LogP contribution in [0.5, 0.6) is 0 Å². The number of hydrogen-bond donors (Lipinski definition) is 1. The summed E-state index contributed by atoms with van der Waals surface area (Å²) in [6.07, 6.45) is 2.21. The van der Waals surface area contributed by atoms with Crippen molar-refractivity contribution in [3.63, 3.8) is 0 Å². The maximum absolute atomic E-state index is 11.2. The molecule has 0 saturated carbocycles. The summed E-state index contributed by atoms with van der Waals surface area (Å²) in [5, 5.41) is 14.1. The van der Waals surface area contributed by atoms with E-state index in [1.54, 1.807) is 13.1 Å². The van der Waals surface area contributed by atoms with Gasteiger partial charge in [-0.2, -0.15) is 0 Å². The molecule has 2 rings (SSSR count). The molecule has 1 aromatic rings. The molecule has 1 saturated heterocycles. The Bertz CT molecular complexity index is 478. The highest BCUT2D eigenvalue weighted by molar-refractivity contribution is 5.62. The summed E-state index contributed by atoms with van der Waals surface area (Å²) in [5.74, 6) is 1.68. The summed E-state index contributed by atoms with van der Waals surface area (Å²) < 4.78 is 0. The lowest BCUT2D eigenvalue weighted by atomic mass is 9.95. The third-order valence-electron chi connectivity index (χ3n) is 3.70. The quantitative estimate of drug-likeness (QED) is 0.671. The van der Waals surface area contributed by atoms with Crippen molar-refractivity contribution in [2.75, 3.05) is 23.8 Å². The minimum Gasteiger partial charge on any atom is -0.373 e. The van der Waals surface area contributed by atoms with Gasteiger partial charge < -0.3 is 10.2 Å². The number of pyridine rings is 1. The van der Waals surface area contributed by atoms with E-state index < -0.39 is 0 Å². The van der Waals surface area contributed by atoms with Crippen molar-refractivity contribution >= 4 is 17.3 Å². The molecule has 6 nitrogen and oxygen atoms in total. The molecule has 6 heteroatoms. The standard InChI is InChI=1S/C13H20N4O2/c1-9-4-5-10(2)16(8-9)13-11(17(18)19)6-7-12(14-3)15-13/h6-7,9-10H,4-5,8H2,1-3H3,(H,14,15). The number of anilines is 2. The van der Waals surface area contributed by atoms with Crippen molar-refractivity contribution in [3.8, 4) is 0 Å². The molecule has 1 fully saturated rings. The molecule has 0 amide bonds. The molecule has 0 aromatic carbocycles. The van der Waals surface area contributed by atoms with Crippen molar-refractivity contribution in [3.05, 3.63) is 22.2 Å². The topological polar surface area (TPSA) is 71.3 Å². The summed E-state index contributed by atoms with van der Waals surface area (Å²) in [6, 6.07) is 3.45. The third kappa shape index (κ3) is 2.77. The second-order valence-electron chi connectivity index (χ2n) is 5.23. The van der Waals surface area contributed by atoms with E-state index in [4.69, 9.17) is 0 Å². The van der Waals surface area contributed by atoms with E-state index in [9.17, 15) is 10.1 Å². The first-order valence-electron chi connectivity index (χ1n) is 6.62. The zero-order valence-electron chi connectivity index (χ0n) is 11.6. The molecule has 2 unspecified atom stereocenters. The Balaban J connectivity index is 2.42. The molecular formula is C13H20N4O2. The molecule has 2 atom stereocenters. The van der Waals surface area contributed by atoms with Gasteiger partial charge >= 0.3 is 5.69 Å². The third-order valence-corrected chi connectivity index (χ3v) is 3.70. The van der Waals surface area contributed by atoms with Crippen molar-refractivity contribution in [2.45, 2.75) is 32.7 Å². The van der Waals surface area contributed by atoms with Crippen LogP contribution in [0.4, 0.5) is 17.3 Å². The predicted octanol–water partition coefficient (Wildman–Crippen LogP) is 2.66. The zero-order valence-corrected chi connectivity index (χ0v) is 11.6. The van der Waals surface area contributed by atoms with Crippen LogP contribution in [0.2, 0.25) is 0 Å². The molecular weight excluding hydrogens is 244 g/mol. The van der Waals surface area contributed by atoms with Gasteiger partial charge in [-0.3, -0.25) is 10.1 Å². The van der Waals surface area contributed by atoms with Gasteiger partial charge in [-0.05, 0) is 31.7 Å². The Morgan fingerprint density at radius 2 is 2.16 bits per heavy atom. The minimum atomic E-state index is -0.353. The van der Waals surface area contributed by atoms with E-state index in [0.29, 0.717) is 17.6 Å². The molecule has 2 heterocycles. The van der Waals surface area contributed by atoms with Crippen LogP contribution in [0, 0.1) is 16.0 Å². The van der Waals surface area contributed by atoms with Gasteiger partial charge in [0, 0.05) is 25.7 Å². The maximum Gasteiger partial charge on any atom is 0.311 e. The number of rotatable bonds is 3. The minimum absolute atomic E-state index is 0.0833. The summed E-state index contributed by atoms with van der Waals surface area (Å²) in [6.45, 7) is 5.10. The fraction of sp³-hybridized carbons (Fsp3) is 0.615. The fourth-order valence-electron chi connectivity index (χ4n) is 2.52. The molecule has 0 bridgehead atoms. The number of nitrogens with zero attached hydrogens (tertiary/aromatic N) is 3. The van der Waals surface area contributed by atoms with Gasteiger partial charge in [-0.15, -0.1) is 0 Å². The number of piperidine rings is 1. The van der Waals surface area contributed by atoms with Crippen molar-refractivity contribution in [2.24, 2.45) is 5.92 Å². The van der Waals surface area contributed by atoms with E-state index in [0.717, 1.165) is 19.4 Å². The first kappa shape index (κ1) is 13.6. The molecule has 0 aliphatic carbocycles. The Labute approximate surface area is 113 Å². The first-order chi connectivity index (χ1) is 9.02. The van der Waals surface area contributed by atoms with Crippen molar-refractivity contribution in [1.82, 2.24) is 4.98 Å². The largest absolute Gasteiger partial charge is 0.373 e. The molecule has 1 aliphatic rings. The van der Waals surface area contributed by atoms with Crippen LogP contribution in [0.15, 0.2) is 12.1 Å². The highest BCUT2D eigenvalue weighted by Gasteiger charge is 2.29. The lowest BCUT2D eigenvalue weighted by Crippen LogP contribution is -2.42. The van der Waals surface area contributed by atoms with E-state index in [2.05, 4.69) is 29.0 Å². The molecule has 104 valence electrons. The Kier molecular flexibility index (Phi) is 3.87. The summed E-state index contributed by atoms with van der Waals surface area (Å²) >= 11 is 0. The van der Waals surface area contributed by atoms with E-state index >= 15 is 0 Å². The Hall–Kier alpha value is -1.85. The zero-order chi connectivity index (χ0) is 14.0. The smallest absolute Gasteiger partial charge is 0.311 e. The highest BCUT2D eigenvalue weighted by Crippen LogP contribution is 2.33. The Morgan fingerprint density at radius 3 is 2.79 bits per heavy atom. The number of hydrogen-bond acceptors (Lipinski definition) is 5. The summed E-state index contributed by atoms with van der Waals surface area (Å²) in [7, 11) is 1.76. The molecule has 0 spiro atoms. The highest BCUT2D eigenvalue weighted by atomic mass is 16.6. The normalized spacial score (nSPS) is 23.2. The monoisotopic (exact) mass is 264 g/mol. The number of aromatic nitrogens is 1. The molecule has 1 aliphatic heterocycles. The number of nitro groups is 1. The van der Waals surface area contributed by atoms with Crippen molar-refractivity contribution < 1.29 is 4.92 Å². The van der Waals surface area contributed by atoms with Gasteiger partial charge in [0.2, 0.25) is 5.82 Å². The van der Waals surface area contributed by atoms with Crippen molar-refractivity contribution in [1.29, 1.82) is 0 Å². The van der Waals surface area contributed by atoms with E-state index in [-0.39, 0.29) is 16.7 Å². The van der Waals surface area contributed by atoms with Gasteiger partial charge in [0.05, 0.1) is 4.92 Å². The SMILES string of the molecule is CNc1ccc([N+](=O)[O-])c(N2CC(C)CCC2C)n1. The van der Waals surface area contributed by atoms with Gasteiger partial charge in [-0.1, -0.05) is 6.92 Å². The summed E-state index contributed by atoms with van der Waals surface area (Å²) in [4.78, 5) is 17.3. The average molecular weight is 264 g/mol. The number of nitrogens with one attached hydrogen (secondary N) is 1. The van der Waals surface area contributed by atoms with Crippen LogP contribution in [0.25, 0.3) is 0 Å². The predicted molar refractivity (Wildman–Crippen MR) is 75.6 cm³/mol. The van der Waals surface area contributed by atoms with Crippen LogP contribution < -0.4 is 10.2 Å². The molecule has 19 heavy (non-hydrogen) atoms. The second kappa shape index (κ2) is 5.42. The van der Waals surface area contributed by atoms with Crippen LogP contribution in [0.1, 0.15) is 26.7 Å². The summed E-state index contributed by atoms with van der Waals surface area (Å²) in [5.41, 5.74) is 0.0833.